The molecule has 1 unspecified atom stereocenters. The Hall–Kier alpha value is -0.870. The first kappa shape index (κ1) is 12.1. The van der Waals surface area contributed by atoms with E-state index in [1.807, 2.05) is 0 Å². The summed E-state index contributed by atoms with van der Waals surface area (Å²) in [6, 6.07) is 0. The molecular formula is C9H17NO3. The largest absolute Gasteiger partial charge is 0.481 e. The first-order valence-electron chi connectivity index (χ1n) is 4.31. The van der Waals surface area contributed by atoms with Gasteiger partial charge in [0.2, 0.25) is 0 Å². The van der Waals surface area contributed by atoms with Crippen LogP contribution in [-0.4, -0.2) is 30.8 Å². The molecule has 0 heterocycles. The van der Waals surface area contributed by atoms with Gasteiger partial charge in [0.15, 0.2) is 0 Å². The van der Waals surface area contributed by atoms with E-state index < -0.39 is 5.97 Å². The molecule has 0 saturated carbocycles. The van der Waals surface area contributed by atoms with Crippen LogP contribution in [0.3, 0.4) is 0 Å². The lowest BCUT2D eigenvalue weighted by Crippen LogP contribution is -2.18. The maximum atomic E-state index is 10.4. The predicted molar refractivity (Wildman–Crippen MR) is 50.4 cm³/mol. The fourth-order valence-corrected chi connectivity index (χ4v) is 1.05. The van der Waals surface area contributed by atoms with Crippen LogP contribution in [0.4, 0.5) is 0 Å². The van der Waals surface area contributed by atoms with Gasteiger partial charge in [0.1, 0.15) is 0 Å². The summed E-state index contributed by atoms with van der Waals surface area (Å²) in [7, 11) is 0. The average Bonchev–Trinajstić information content (AvgIpc) is 2.04. The van der Waals surface area contributed by atoms with Gasteiger partial charge in [-0.3, -0.25) is 4.79 Å². The Morgan fingerprint density at radius 1 is 1.69 bits per heavy atom. The van der Waals surface area contributed by atoms with E-state index in [1.165, 1.54) is 0 Å². The second-order valence-electron chi connectivity index (χ2n) is 2.87. The zero-order valence-corrected chi connectivity index (χ0v) is 7.74. The van der Waals surface area contributed by atoms with E-state index in [9.17, 15) is 4.79 Å². The zero-order chi connectivity index (χ0) is 10.1. The van der Waals surface area contributed by atoms with Crippen LogP contribution in [0.15, 0.2) is 12.7 Å². The zero-order valence-electron chi connectivity index (χ0n) is 7.74. The van der Waals surface area contributed by atoms with Crippen LogP contribution in [-0.2, 0) is 9.53 Å². The predicted octanol–water partition coefficient (Wildman–Crippen LogP) is 0.629. The van der Waals surface area contributed by atoms with Crippen molar-refractivity contribution < 1.29 is 14.6 Å². The standard InChI is InChI=1S/C9H17NO3/c1-2-5-13-7-8(3-4-10)6-9(11)12/h2,8H,1,3-7,10H2,(H,11,12). The van der Waals surface area contributed by atoms with E-state index in [2.05, 4.69) is 6.58 Å². The summed E-state index contributed by atoms with van der Waals surface area (Å²) >= 11 is 0. The van der Waals surface area contributed by atoms with E-state index in [1.54, 1.807) is 6.08 Å². The number of nitrogens with two attached hydrogens (primary N) is 1. The normalized spacial score (nSPS) is 12.4. The van der Waals surface area contributed by atoms with Gasteiger partial charge in [-0.1, -0.05) is 6.08 Å². The SMILES string of the molecule is C=CCOCC(CCN)CC(=O)O. The second kappa shape index (κ2) is 7.76. The Kier molecular flexibility index (Phi) is 7.24. The van der Waals surface area contributed by atoms with Gasteiger partial charge in [0, 0.05) is 0 Å². The lowest BCUT2D eigenvalue weighted by Gasteiger charge is -2.12. The monoisotopic (exact) mass is 187 g/mol. The topological polar surface area (TPSA) is 72.5 Å². The van der Waals surface area contributed by atoms with Crippen molar-refractivity contribution in [1.82, 2.24) is 0 Å². The summed E-state index contributed by atoms with van der Waals surface area (Å²) in [4.78, 5) is 10.4. The molecule has 1 atom stereocenters. The smallest absolute Gasteiger partial charge is 0.303 e. The van der Waals surface area contributed by atoms with Crippen LogP contribution in [0.1, 0.15) is 12.8 Å². The third kappa shape index (κ3) is 7.49. The molecule has 0 saturated heterocycles. The number of hydrogen-bond acceptors (Lipinski definition) is 3. The average molecular weight is 187 g/mol. The van der Waals surface area contributed by atoms with Crippen molar-refractivity contribution in [3.8, 4) is 0 Å². The van der Waals surface area contributed by atoms with Gasteiger partial charge in [-0.2, -0.15) is 0 Å². The fraction of sp³-hybridized carbons (Fsp3) is 0.667. The van der Waals surface area contributed by atoms with Crippen molar-refractivity contribution in [2.45, 2.75) is 12.8 Å². The highest BCUT2D eigenvalue weighted by molar-refractivity contribution is 5.67. The van der Waals surface area contributed by atoms with Crippen LogP contribution in [0.5, 0.6) is 0 Å². The number of carboxylic acids is 1. The van der Waals surface area contributed by atoms with Gasteiger partial charge in [0.05, 0.1) is 19.6 Å². The number of aliphatic carboxylic acids is 1. The molecular weight excluding hydrogens is 170 g/mol. The van der Waals surface area contributed by atoms with Crippen molar-refractivity contribution in [2.24, 2.45) is 11.7 Å². The van der Waals surface area contributed by atoms with E-state index in [0.717, 1.165) is 0 Å². The van der Waals surface area contributed by atoms with Crippen molar-refractivity contribution >= 4 is 5.97 Å². The number of ether oxygens (including phenoxy) is 1. The molecule has 0 rings (SSSR count). The first-order chi connectivity index (χ1) is 6.20. The van der Waals surface area contributed by atoms with Crippen LogP contribution >= 0.6 is 0 Å². The lowest BCUT2D eigenvalue weighted by atomic mass is 10.0. The first-order valence-corrected chi connectivity index (χ1v) is 4.31. The van der Waals surface area contributed by atoms with Gasteiger partial charge < -0.3 is 15.6 Å². The highest BCUT2D eigenvalue weighted by atomic mass is 16.5. The Labute approximate surface area is 78.4 Å². The Balaban J connectivity index is 3.65. The highest BCUT2D eigenvalue weighted by Crippen LogP contribution is 2.08. The molecule has 0 aromatic rings. The summed E-state index contributed by atoms with van der Waals surface area (Å²) in [6.45, 7) is 4.89. The quantitative estimate of drug-likeness (QED) is 0.432. The van der Waals surface area contributed by atoms with Gasteiger partial charge in [-0.25, -0.2) is 0 Å². The molecule has 76 valence electrons. The van der Waals surface area contributed by atoms with E-state index in [0.29, 0.717) is 26.2 Å². The van der Waals surface area contributed by atoms with E-state index in [4.69, 9.17) is 15.6 Å². The second-order valence-corrected chi connectivity index (χ2v) is 2.87. The Bertz CT molecular complexity index is 159. The molecule has 4 heteroatoms. The molecule has 13 heavy (non-hydrogen) atoms. The minimum atomic E-state index is -0.805. The van der Waals surface area contributed by atoms with E-state index >= 15 is 0 Å². The van der Waals surface area contributed by atoms with Crippen molar-refractivity contribution in [2.75, 3.05) is 19.8 Å². The molecule has 0 aliphatic rings. The molecule has 0 spiro atoms. The minimum Gasteiger partial charge on any atom is -0.481 e. The molecule has 0 aromatic heterocycles. The van der Waals surface area contributed by atoms with Gasteiger partial charge >= 0.3 is 5.97 Å². The summed E-state index contributed by atoms with van der Waals surface area (Å²) in [5.41, 5.74) is 5.34. The molecule has 0 radical (unpaired) electrons. The highest BCUT2D eigenvalue weighted by Gasteiger charge is 2.11. The summed E-state index contributed by atoms with van der Waals surface area (Å²) < 4.78 is 5.16. The maximum absolute atomic E-state index is 10.4. The molecule has 3 N–H and O–H groups in total. The third-order valence-corrected chi connectivity index (χ3v) is 1.63. The van der Waals surface area contributed by atoms with Crippen molar-refractivity contribution in [1.29, 1.82) is 0 Å². The molecule has 0 fully saturated rings. The summed E-state index contributed by atoms with van der Waals surface area (Å²) in [5, 5.41) is 8.55. The van der Waals surface area contributed by atoms with E-state index in [-0.39, 0.29) is 12.3 Å². The molecule has 0 amide bonds. The van der Waals surface area contributed by atoms with Gasteiger partial charge in [-0.15, -0.1) is 6.58 Å². The van der Waals surface area contributed by atoms with Crippen LogP contribution < -0.4 is 5.73 Å². The molecule has 4 nitrogen and oxygen atoms in total. The minimum absolute atomic E-state index is 0.0162. The van der Waals surface area contributed by atoms with Gasteiger partial charge in [-0.05, 0) is 18.9 Å². The fourth-order valence-electron chi connectivity index (χ4n) is 1.05. The van der Waals surface area contributed by atoms with Crippen molar-refractivity contribution in [3.63, 3.8) is 0 Å². The summed E-state index contributed by atoms with van der Waals surface area (Å²) in [6.07, 6.45) is 2.44. The molecule has 0 aliphatic carbocycles. The number of carbonyl (C=O) groups is 1. The van der Waals surface area contributed by atoms with Gasteiger partial charge in [0.25, 0.3) is 0 Å². The molecule has 0 aromatic carbocycles. The van der Waals surface area contributed by atoms with Crippen molar-refractivity contribution in [3.05, 3.63) is 12.7 Å². The Morgan fingerprint density at radius 3 is 2.85 bits per heavy atom. The maximum Gasteiger partial charge on any atom is 0.303 e. The van der Waals surface area contributed by atoms with Crippen LogP contribution in [0.2, 0.25) is 0 Å². The third-order valence-electron chi connectivity index (χ3n) is 1.63. The molecule has 0 aliphatic heterocycles. The number of carboxylic acid groups (broad SMARTS) is 1. The number of rotatable bonds is 8. The van der Waals surface area contributed by atoms with Crippen LogP contribution in [0, 0.1) is 5.92 Å². The summed E-state index contributed by atoms with van der Waals surface area (Å²) in [5.74, 6) is -0.789. The number of hydrogen-bond donors (Lipinski definition) is 2. The Morgan fingerprint density at radius 2 is 2.38 bits per heavy atom. The molecule has 0 bridgehead atoms. The lowest BCUT2D eigenvalue weighted by molar-refractivity contribution is -0.138. The van der Waals surface area contributed by atoms with Crippen LogP contribution in [0.25, 0.3) is 0 Å².